The fourth-order valence-electron chi connectivity index (χ4n) is 2.26. The van der Waals surface area contributed by atoms with E-state index < -0.39 is 0 Å². The number of anilines is 2. The third kappa shape index (κ3) is 3.22. The SMILES string of the molecule is Cc1ccccc1Nc1nc(-c2ccc(C)c([N+](=O)[O-])c2)cs1. The quantitative estimate of drug-likeness (QED) is 0.536. The van der Waals surface area contributed by atoms with Crippen molar-refractivity contribution in [2.45, 2.75) is 13.8 Å². The second kappa shape index (κ2) is 6.18. The number of rotatable bonds is 4. The minimum atomic E-state index is -0.363. The van der Waals surface area contributed by atoms with Gasteiger partial charge in [0.2, 0.25) is 0 Å². The van der Waals surface area contributed by atoms with Crippen molar-refractivity contribution in [3.8, 4) is 11.3 Å². The predicted octanol–water partition coefficient (Wildman–Crippen LogP) is 5.08. The lowest BCUT2D eigenvalue weighted by atomic mass is 10.1. The van der Waals surface area contributed by atoms with Crippen LogP contribution in [0.3, 0.4) is 0 Å². The maximum absolute atomic E-state index is 11.1. The standard InChI is InChI=1S/C17H15N3O2S/c1-11-5-3-4-6-14(11)18-17-19-15(10-23-17)13-8-7-12(2)16(9-13)20(21)22/h3-10H,1-2H3,(H,18,19). The summed E-state index contributed by atoms with van der Waals surface area (Å²) >= 11 is 1.47. The fourth-order valence-corrected chi connectivity index (χ4v) is 2.99. The average molecular weight is 325 g/mol. The van der Waals surface area contributed by atoms with Gasteiger partial charge in [-0.05, 0) is 25.5 Å². The zero-order chi connectivity index (χ0) is 16.4. The number of nitrogens with zero attached hydrogens (tertiary/aromatic N) is 2. The van der Waals surface area contributed by atoms with Gasteiger partial charge >= 0.3 is 0 Å². The van der Waals surface area contributed by atoms with Gasteiger partial charge < -0.3 is 5.32 Å². The summed E-state index contributed by atoms with van der Waals surface area (Å²) in [5.74, 6) is 0. The van der Waals surface area contributed by atoms with Crippen LogP contribution in [-0.4, -0.2) is 9.91 Å². The number of nitrogens with one attached hydrogen (secondary N) is 1. The monoisotopic (exact) mass is 325 g/mol. The molecule has 2 aromatic carbocycles. The first-order valence-electron chi connectivity index (χ1n) is 7.08. The Morgan fingerprint density at radius 3 is 2.65 bits per heavy atom. The first-order chi connectivity index (χ1) is 11.0. The molecule has 3 aromatic rings. The number of benzene rings is 2. The molecular formula is C17H15N3O2S. The summed E-state index contributed by atoms with van der Waals surface area (Å²) in [7, 11) is 0. The molecule has 0 aliphatic rings. The van der Waals surface area contributed by atoms with Gasteiger partial charge in [0.25, 0.3) is 5.69 Å². The Kier molecular flexibility index (Phi) is 4.08. The normalized spacial score (nSPS) is 10.5. The predicted molar refractivity (Wildman–Crippen MR) is 93.4 cm³/mol. The van der Waals surface area contributed by atoms with E-state index in [-0.39, 0.29) is 10.6 Å². The smallest absolute Gasteiger partial charge is 0.272 e. The van der Waals surface area contributed by atoms with Crippen molar-refractivity contribution in [2.24, 2.45) is 0 Å². The lowest BCUT2D eigenvalue weighted by molar-refractivity contribution is -0.385. The highest BCUT2D eigenvalue weighted by molar-refractivity contribution is 7.14. The van der Waals surface area contributed by atoms with Gasteiger partial charge in [0, 0.05) is 28.3 Å². The van der Waals surface area contributed by atoms with E-state index in [2.05, 4.69) is 10.3 Å². The van der Waals surface area contributed by atoms with E-state index in [9.17, 15) is 10.1 Å². The topological polar surface area (TPSA) is 68.1 Å². The number of nitro groups is 1. The number of aromatic nitrogens is 1. The van der Waals surface area contributed by atoms with Crippen LogP contribution in [0.25, 0.3) is 11.3 Å². The van der Waals surface area contributed by atoms with E-state index in [0.717, 1.165) is 27.6 Å². The van der Waals surface area contributed by atoms with Crippen LogP contribution in [0.2, 0.25) is 0 Å². The Morgan fingerprint density at radius 2 is 1.91 bits per heavy atom. The van der Waals surface area contributed by atoms with Gasteiger partial charge in [0.05, 0.1) is 10.6 Å². The van der Waals surface area contributed by atoms with Gasteiger partial charge in [-0.3, -0.25) is 10.1 Å². The van der Waals surface area contributed by atoms with Gasteiger partial charge in [0.15, 0.2) is 5.13 Å². The molecule has 5 nitrogen and oxygen atoms in total. The lowest BCUT2D eigenvalue weighted by Gasteiger charge is -2.05. The van der Waals surface area contributed by atoms with Gasteiger partial charge in [-0.1, -0.05) is 30.3 Å². The molecule has 0 unspecified atom stereocenters. The van der Waals surface area contributed by atoms with E-state index in [1.807, 2.05) is 42.6 Å². The summed E-state index contributed by atoms with van der Waals surface area (Å²) in [5.41, 5.74) is 4.38. The van der Waals surface area contributed by atoms with Crippen molar-refractivity contribution in [3.05, 3.63) is 69.1 Å². The Balaban J connectivity index is 1.89. The lowest BCUT2D eigenvalue weighted by Crippen LogP contribution is -1.93. The number of aryl methyl sites for hydroxylation is 2. The van der Waals surface area contributed by atoms with E-state index in [1.165, 1.54) is 11.3 Å². The number of hydrogen-bond donors (Lipinski definition) is 1. The molecule has 1 N–H and O–H groups in total. The van der Waals surface area contributed by atoms with Crippen molar-refractivity contribution < 1.29 is 4.92 Å². The highest BCUT2D eigenvalue weighted by atomic mass is 32.1. The van der Waals surface area contributed by atoms with Crippen LogP contribution in [0, 0.1) is 24.0 Å². The first kappa shape index (κ1) is 15.2. The molecule has 0 fully saturated rings. The van der Waals surface area contributed by atoms with Crippen molar-refractivity contribution >= 4 is 27.8 Å². The molecule has 0 radical (unpaired) electrons. The number of thiazole rings is 1. The molecule has 23 heavy (non-hydrogen) atoms. The first-order valence-corrected chi connectivity index (χ1v) is 7.96. The summed E-state index contributed by atoms with van der Waals surface area (Å²) in [6.45, 7) is 3.76. The molecule has 3 rings (SSSR count). The van der Waals surface area contributed by atoms with Crippen LogP contribution in [0.5, 0.6) is 0 Å². The zero-order valence-electron chi connectivity index (χ0n) is 12.7. The van der Waals surface area contributed by atoms with Crippen LogP contribution < -0.4 is 5.32 Å². The summed E-state index contributed by atoms with van der Waals surface area (Å²) in [6, 6.07) is 13.2. The van der Waals surface area contributed by atoms with E-state index in [1.54, 1.807) is 19.1 Å². The van der Waals surface area contributed by atoms with Crippen molar-refractivity contribution in [2.75, 3.05) is 5.32 Å². The van der Waals surface area contributed by atoms with Crippen molar-refractivity contribution in [3.63, 3.8) is 0 Å². The van der Waals surface area contributed by atoms with Gasteiger partial charge in [-0.2, -0.15) is 0 Å². The molecule has 6 heteroatoms. The maximum Gasteiger partial charge on any atom is 0.272 e. The Bertz CT molecular complexity index is 874. The van der Waals surface area contributed by atoms with Crippen LogP contribution in [-0.2, 0) is 0 Å². The summed E-state index contributed by atoms with van der Waals surface area (Å²) in [5, 5.41) is 17.0. The summed E-state index contributed by atoms with van der Waals surface area (Å²) in [6.07, 6.45) is 0. The Morgan fingerprint density at radius 1 is 1.13 bits per heavy atom. The molecule has 116 valence electrons. The zero-order valence-corrected chi connectivity index (χ0v) is 13.6. The third-order valence-corrected chi connectivity index (χ3v) is 4.35. The second-order valence-corrected chi connectivity index (χ2v) is 6.09. The molecule has 0 saturated heterocycles. The molecule has 0 aliphatic heterocycles. The second-order valence-electron chi connectivity index (χ2n) is 5.24. The van der Waals surface area contributed by atoms with Crippen LogP contribution in [0.1, 0.15) is 11.1 Å². The van der Waals surface area contributed by atoms with Gasteiger partial charge in [0.1, 0.15) is 0 Å². The Hall–Kier alpha value is -2.73. The minimum absolute atomic E-state index is 0.115. The van der Waals surface area contributed by atoms with Crippen LogP contribution >= 0.6 is 11.3 Å². The highest BCUT2D eigenvalue weighted by Gasteiger charge is 2.13. The summed E-state index contributed by atoms with van der Waals surface area (Å²) in [4.78, 5) is 15.2. The third-order valence-electron chi connectivity index (χ3n) is 3.59. The molecule has 0 aliphatic carbocycles. The van der Waals surface area contributed by atoms with Crippen LogP contribution in [0.4, 0.5) is 16.5 Å². The van der Waals surface area contributed by atoms with E-state index in [4.69, 9.17) is 0 Å². The van der Waals surface area contributed by atoms with Gasteiger partial charge in [-0.25, -0.2) is 4.98 Å². The largest absolute Gasteiger partial charge is 0.331 e. The van der Waals surface area contributed by atoms with Gasteiger partial charge in [-0.15, -0.1) is 11.3 Å². The molecule has 1 heterocycles. The number of nitro benzene ring substituents is 1. The van der Waals surface area contributed by atoms with Crippen molar-refractivity contribution in [1.29, 1.82) is 0 Å². The molecule has 0 amide bonds. The number of hydrogen-bond acceptors (Lipinski definition) is 5. The van der Waals surface area contributed by atoms with Crippen LogP contribution in [0.15, 0.2) is 47.8 Å². The molecule has 0 saturated carbocycles. The van der Waals surface area contributed by atoms with E-state index in [0.29, 0.717) is 5.56 Å². The minimum Gasteiger partial charge on any atom is -0.331 e. The highest BCUT2D eigenvalue weighted by Crippen LogP contribution is 2.31. The number of para-hydroxylation sites is 1. The van der Waals surface area contributed by atoms with E-state index >= 15 is 0 Å². The molecular weight excluding hydrogens is 310 g/mol. The van der Waals surface area contributed by atoms with Crippen molar-refractivity contribution in [1.82, 2.24) is 4.98 Å². The molecule has 1 aromatic heterocycles. The molecule has 0 atom stereocenters. The molecule has 0 bridgehead atoms. The Labute approximate surface area is 137 Å². The maximum atomic E-state index is 11.1. The molecule has 0 spiro atoms. The average Bonchev–Trinajstić information content (AvgIpc) is 2.98. The fraction of sp³-hybridized carbons (Fsp3) is 0.118. The summed E-state index contributed by atoms with van der Waals surface area (Å²) < 4.78 is 0.